The zero-order valence-corrected chi connectivity index (χ0v) is 17.5. The summed E-state index contributed by atoms with van der Waals surface area (Å²) in [6.07, 6.45) is -2.68. The lowest BCUT2D eigenvalue weighted by Crippen LogP contribution is -2.39. The summed E-state index contributed by atoms with van der Waals surface area (Å²) in [5, 5.41) is 0.491. The Morgan fingerprint density at radius 1 is 1.15 bits per heavy atom. The summed E-state index contributed by atoms with van der Waals surface area (Å²) >= 11 is 0. The van der Waals surface area contributed by atoms with E-state index in [1.54, 1.807) is 13.1 Å². The maximum absolute atomic E-state index is 13.8. The first kappa shape index (κ1) is 23.1. The second-order valence-electron chi connectivity index (χ2n) is 7.50. The third kappa shape index (κ3) is 4.15. The molecule has 4 rings (SSSR count). The molecule has 0 amide bonds. The molecule has 0 radical (unpaired) electrons. The van der Waals surface area contributed by atoms with Crippen molar-refractivity contribution in [3.05, 3.63) is 70.7 Å². The minimum Gasteiger partial charge on any atom is -0.385 e. The van der Waals surface area contributed by atoms with Gasteiger partial charge in [-0.3, -0.25) is 4.79 Å². The SMILES string of the molecule is Cn1c(=O)c(-c2ccc(C[C@H](N)C(=O)OC(=O)C(F)(F)F)n3ccnc23)cc2cc(F)ccc21. The van der Waals surface area contributed by atoms with Crippen molar-refractivity contribution in [3.63, 3.8) is 0 Å². The van der Waals surface area contributed by atoms with E-state index < -0.39 is 30.0 Å². The first-order valence-electron chi connectivity index (χ1n) is 9.80. The maximum atomic E-state index is 13.8. The van der Waals surface area contributed by atoms with Gasteiger partial charge in [0, 0.05) is 42.5 Å². The van der Waals surface area contributed by atoms with Gasteiger partial charge in [-0.05, 0) is 36.4 Å². The number of aryl methyl sites for hydroxylation is 1. The molecule has 0 spiro atoms. The summed E-state index contributed by atoms with van der Waals surface area (Å²) in [5.74, 6) is -4.66. The molecule has 0 fully saturated rings. The Bertz CT molecular complexity index is 1510. The summed E-state index contributed by atoms with van der Waals surface area (Å²) in [6, 6.07) is 7.06. The van der Waals surface area contributed by atoms with Crippen LogP contribution >= 0.6 is 0 Å². The first-order chi connectivity index (χ1) is 16.0. The van der Waals surface area contributed by atoms with Crippen LogP contribution in [0.15, 0.2) is 53.6 Å². The summed E-state index contributed by atoms with van der Waals surface area (Å²) in [6.45, 7) is 0. The van der Waals surface area contributed by atoms with Gasteiger partial charge in [0.1, 0.15) is 17.5 Å². The quantitative estimate of drug-likeness (QED) is 0.276. The highest BCUT2D eigenvalue weighted by Crippen LogP contribution is 2.26. The lowest BCUT2D eigenvalue weighted by Gasteiger charge is -2.14. The molecule has 12 heteroatoms. The topological polar surface area (TPSA) is 109 Å². The lowest BCUT2D eigenvalue weighted by molar-refractivity contribution is -0.202. The molecule has 0 aliphatic rings. The zero-order chi connectivity index (χ0) is 24.8. The van der Waals surface area contributed by atoms with E-state index in [0.717, 1.165) is 0 Å². The minimum atomic E-state index is -5.33. The summed E-state index contributed by atoms with van der Waals surface area (Å²) in [5.41, 5.74) is 7.14. The fourth-order valence-corrected chi connectivity index (χ4v) is 3.63. The Hall–Kier alpha value is -4.06. The van der Waals surface area contributed by atoms with Gasteiger partial charge in [-0.1, -0.05) is 0 Å². The third-order valence-corrected chi connectivity index (χ3v) is 5.27. The molecule has 176 valence electrons. The van der Waals surface area contributed by atoms with Crippen LogP contribution in [0.2, 0.25) is 0 Å². The van der Waals surface area contributed by atoms with Crippen LogP contribution in [0.1, 0.15) is 5.69 Å². The van der Waals surface area contributed by atoms with Crippen molar-refractivity contribution in [2.45, 2.75) is 18.6 Å². The fraction of sp³-hybridized carbons (Fsp3) is 0.182. The van der Waals surface area contributed by atoms with E-state index in [-0.39, 0.29) is 17.5 Å². The standard InChI is InChI=1S/C22H16F4N4O4/c1-29-17-5-2-12(23)8-11(17)9-15(19(29)31)14-4-3-13(30-7-6-28-18(14)30)10-16(27)20(32)34-21(33)22(24,25)26/h2-9,16H,10,27H2,1H3/t16-/m0/s1. The lowest BCUT2D eigenvalue weighted by atomic mass is 10.0. The molecule has 0 saturated heterocycles. The number of nitrogens with two attached hydrogens (primary N) is 1. The number of aromatic nitrogens is 3. The Morgan fingerprint density at radius 3 is 2.59 bits per heavy atom. The molecule has 1 atom stereocenters. The Balaban J connectivity index is 1.71. The molecule has 2 N–H and O–H groups in total. The van der Waals surface area contributed by atoms with Crippen molar-refractivity contribution >= 4 is 28.5 Å². The number of pyridine rings is 2. The van der Waals surface area contributed by atoms with E-state index >= 15 is 0 Å². The molecule has 3 heterocycles. The third-order valence-electron chi connectivity index (χ3n) is 5.27. The van der Waals surface area contributed by atoms with Gasteiger partial charge in [-0.15, -0.1) is 0 Å². The summed E-state index contributed by atoms with van der Waals surface area (Å²) < 4.78 is 57.4. The van der Waals surface area contributed by atoms with Gasteiger partial charge >= 0.3 is 18.1 Å². The van der Waals surface area contributed by atoms with Gasteiger partial charge in [0.15, 0.2) is 0 Å². The van der Waals surface area contributed by atoms with Gasteiger partial charge in [0.05, 0.1) is 11.1 Å². The molecule has 1 aromatic carbocycles. The molecule has 8 nitrogen and oxygen atoms in total. The van der Waals surface area contributed by atoms with E-state index in [2.05, 4.69) is 9.72 Å². The molecule has 0 unspecified atom stereocenters. The number of alkyl halides is 3. The molecule has 0 aliphatic heterocycles. The molecular formula is C22H16F4N4O4. The van der Waals surface area contributed by atoms with Crippen molar-refractivity contribution in [3.8, 4) is 11.1 Å². The minimum absolute atomic E-state index is 0.239. The van der Waals surface area contributed by atoms with Crippen LogP contribution in [-0.4, -0.2) is 38.1 Å². The van der Waals surface area contributed by atoms with Crippen molar-refractivity contribution < 1.29 is 31.9 Å². The highest BCUT2D eigenvalue weighted by atomic mass is 19.4. The summed E-state index contributed by atoms with van der Waals surface area (Å²) in [7, 11) is 1.55. The first-order valence-corrected chi connectivity index (χ1v) is 9.80. The van der Waals surface area contributed by atoms with E-state index in [4.69, 9.17) is 5.73 Å². The highest BCUT2D eigenvalue weighted by Gasteiger charge is 2.43. The Labute approximate surface area is 188 Å². The number of imidazole rings is 1. The van der Waals surface area contributed by atoms with Crippen LogP contribution in [0.25, 0.3) is 27.7 Å². The number of carbonyl (C=O) groups is 2. The molecular weight excluding hydrogens is 460 g/mol. The predicted octanol–water partition coefficient (Wildman–Crippen LogP) is 2.49. The number of hydrogen-bond acceptors (Lipinski definition) is 6. The molecule has 3 aromatic heterocycles. The second kappa shape index (κ2) is 8.37. The van der Waals surface area contributed by atoms with Crippen LogP contribution < -0.4 is 11.3 Å². The number of halogens is 4. The largest absolute Gasteiger partial charge is 0.491 e. The van der Waals surface area contributed by atoms with E-state index in [1.807, 2.05) is 0 Å². The van der Waals surface area contributed by atoms with Gasteiger partial charge in [-0.25, -0.2) is 19.0 Å². The van der Waals surface area contributed by atoms with Crippen LogP contribution in [0.5, 0.6) is 0 Å². The number of hydrogen-bond donors (Lipinski definition) is 1. The molecule has 34 heavy (non-hydrogen) atoms. The average Bonchev–Trinajstić information content (AvgIpc) is 3.26. The number of carbonyl (C=O) groups excluding carboxylic acids is 2. The van der Waals surface area contributed by atoms with Crippen LogP contribution in [-0.2, 0) is 27.8 Å². The van der Waals surface area contributed by atoms with E-state index in [0.29, 0.717) is 27.8 Å². The van der Waals surface area contributed by atoms with E-state index in [1.165, 1.54) is 51.7 Å². The number of rotatable bonds is 4. The normalized spacial score (nSPS) is 12.8. The Kier molecular flexibility index (Phi) is 5.69. The van der Waals surface area contributed by atoms with Gasteiger partial charge in [0.2, 0.25) is 0 Å². The molecule has 0 saturated carbocycles. The number of nitrogens with zero attached hydrogens (tertiary/aromatic N) is 3. The predicted molar refractivity (Wildman–Crippen MR) is 112 cm³/mol. The van der Waals surface area contributed by atoms with Gasteiger partial charge < -0.3 is 19.4 Å². The van der Waals surface area contributed by atoms with E-state index in [9.17, 15) is 31.9 Å². The maximum Gasteiger partial charge on any atom is 0.491 e. The summed E-state index contributed by atoms with van der Waals surface area (Å²) in [4.78, 5) is 40.0. The fourth-order valence-electron chi connectivity index (χ4n) is 3.63. The number of ether oxygens (including phenoxy) is 1. The second-order valence-corrected chi connectivity index (χ2v) is 7.50. The Morgan fingerprint density at radius 2 is 1.88 bits per heavy atom. The van der Waals surface area contributed by atoms with Gasteiger partial charge in [-0.2, -0.15) is 13.2 Å². The van der Waals surface area contributed by atoms with Crippen molar-refractivity contribution in [1.29, 1.82) is 0 Å². The number of benzene rings is 1. The molecule has 0 bridgehead atoms. The smallest absolute Gasteiger partial charge is 0.385 e. The van der Waals surface area contributed by atoms with Gasteiger partial charge in [0.25, 0.3) is 5.56 Å². The monoisotopic (exact) mass is 476 g/mol. The highest BCUT2D eigenvalue weighted by molar-refractivity contribution is 5.91. The van der Waals surface area contributed by atoms with Crippen molar-refractivity contribution in [1.82, 2.24) is 14.0 Å². The average molecular weight is 476 g/mol. The molecule has 4 aromatic rings. The number of esters is 2. The molecule has 0 aliphatic carbocycles. The van der Waals surface area contributed by atoms with Crippen molar-refractivity contribution in [2.24, 2.45) is 12.8 Å². The van der Waals surface area contributed by atoms with Crippen molar-refractivity contribution in [2.75, 3.05) is 0 Å². The number of fused-ring (bicyclic) bond motifs is 2. The van der Waals surface area contributed by atoms with Crippen LogP contribution in [0.3, 0.4) is 0 Å². The zero-order valence-electron chi connectivity index (χ0n) is 17.5. The van der Waals surface area contributed by atoms with Crippen LogP contribution in [0.4, 0.5) is 17.6 Å². The van der Waals surface area contributed by atoms with Crippen LogP contribution in [0, 0.1) is 5.82 Å².